The van der Waals surface area contributed by atoms with Crippen LogP contribution in [0.2, 0.25) is 0 Å². The number of likely N-dealkylation sites (tertiary alicyclic amines) is 1. The molecule has 0 radical (unpaired) electrons. The fraction of sp³-hybridized carbons (Fsp3) is 0.556. The van der Waals surface area contributed by atoms with Crippen LogP contribution in [0.25, 0.3) is 0 Å². The lowest BCUT2D eigenvalue weighted by molar-refractivity contribution is -0.0442. The van der Waals surface area contributed by atoms with Gasteiger partial charge < -0.3 is 20.1 Å². The maximum absolute atomic E-state index is 14.7. The van der Waals surface area contributed by atoms with Crippen LogP contribution in [-0.2, 0) is 0 Å². The Kier molecular flexibility index (Phi) is 7.00. The first-order valence-electron chi connectivity index (χ1n) is 12.9. The Balaban J connectivity index is 1.43. The van der Waals surface area contributed by atoms with Crippen LogP contribution >= 0.6 is 0 Å². The molecule has 38 heavy (non-hydrogen) atoms. The monoisotopic (exact) mass is 538 g/mol. The molecule has 206 valence electrons. The van der Waals surface area contributed by atoms with Gasteiger partial charge in [-0.25, -0.2) is 22.0 Å². The van der Waals surface area contributed by atoms with E-state index in [1.807, 2.05) is 7.05 Å². The van der Waals surface area contributed by atoms with E-state index in [0.717, 1.165) is 19.2 Å². The highest BCUT2D eigenvalue weighted by Gasteiger charge is 2.55. The molecule has 1 aliphatic heterocycles. The van der Waals surface area contributed by atoms with Gasteiger partial charge in [0.15, 0.2) is 0 Å². The largest absolute Gasteiger partial charge is 0.381 e. The van der Waals surface area contributed by atoms with E-state index in [-0.39, 0.29) is 42.9 Å². The van der Waals surface area contributed by atoms with Crippen LogP contribution in [0.3, 0.4) is 0 Å². The van der Waals surface area contributed by atoms with Crippen LogP contribution in [0.4, 0.5) is 27.6 Å². The summed E-state index contributed by atoms with van der Waals surface area (Å²) in [5, 5.41) is 5.99. The summed E-state index contributed by atoms with van der Waals surface area (Å²) >= 11 is 0. The molecule has 11 heteroatoms. The summed E-state index contributed by atoms with van der Waals surface area (Å²) in [5.74, 6) is -3.70. The van der Waals surface area contributed by atoms with Crippen molar-refractivity contribution in [2.45, 2.75) is 63.1 Å². The number of amides is 1. The Labute approximate surface area is 217 Å². The van der Waals surface area contributed by atoms with E-state index in [1.165, 1.54) is 35.9 Å². The normalized spacial score (nSPS) is 25.7. The molecule has 0 unspecified atom stereocenters. The molecule has 0 spiro atoms. The molecule has 2 heterocycles. The minimum absolute atomic E-state index is 0.0896. The third-order valence-electron chi connectivity index (χ3n) is 8.21. The summed E-state index contributed by atoms with van der Waals surface area (Å²) in [6.07, 6.45) is -2.11. The third-order valence-corrected chi connectivity index (χ3v) is 8.21. The smallest absolute Gasteiger partial charge is 0.266 e. The number of halogens is 5. The van der Waals surface area contributed by atoms with Crippen molar-refractivity contribution >= 4 is 11.6 Å². The highest BCUT2D eigenvalue weighted by Crippen LogP contribution is 2.47. The zero-order chi connectivity index (χ0) is 27.4. The quantitative estimate of drug-likeness (QED) is 0.480. The van der Waals surface area contributed by atoms with Gasteiger partial charge in [0.2, 0.25) is 5.92 Å². The van der Waals surface area contributed by atoms with Gasteiger partial charge in [-0.05, 0) is 38.6 Å². The van der Waals surface area contributed by atoms with Gasteiger partial charge in [0.1, 0.15) is 5.82 Å². The Bertz CT molecular complexity index is 1260. The molecule has 1 aromatic heterocycles. The van der Waals surface area contributed by atoms with Gasteiger partial charge in [0.05, 0.1) is 22.9 Å². The molecule has 4 atom stereocenters. The van der Waals surface area contributed by atoms with Gasteiger partial charge in [0.25, 0.3) is 17.9 Å². The molecule has 2 saturated carbocycles. The molecule has 0 bridgehead atoms. The van der Waals surface area contributed by atoms with Gasteiger partial charge in [-0.1, -0.05) is 18.2 Å². The zero-order valence-corrected chi connectivity index (χ0v) is 21.2. The number of hydrogen-bond donors (Lipinski definition) is 2. The lowest BCUT2D eigenvalue weighted by Gasteiger charge is -2.30. The van der Waals surface area contributed by atoms with Crippen molar-refractivity contribution in [3.05, 3.63) is 63.3 Å². The summed E-state index contributed by atoms with van der Waals surface area (Å²) in [7, 11) is 2.03. The molecular formula is C27H31F5N4O2. The lowest BCUT2D eigenvalue weighted by Crippen LogP contribution is -2.34. The van der Waals surface area contributed by atoms with Crippen molar-refractivity contribution in [1.29, 1.82) is 0 Å². The van der Waals surface area contributed by atoms with Gasteiger partial charge >= 0.3 is 0 Å². The van der Waals surface area contributed by atoms with Crippen molar-refractivity contribution in [2.24, 2.45) is 11.8 Å². The summed E-state index contributed by atoms with van der Waals surface area (Å²) in [5.41, 5.74) is -0.795. The molecule has 2 aliphatic carbocycles. The number of alkyl halides is 4. The van der Waals surface area contributed by atoms with Crippen molar-refractivity contribution in [1.82, 2.24) is 14.8 Å². The Hall–Kier alpha value is -2.95. The second kappa shape index (κ2) is 9.98. The number of hydrogen-bond acceptors (Lipinski definition) is 4. The van der Waals surface area contributed by atoms with Crippen LogP contribution < -0.4 is 16.2 Å². The van der Waals surface area contributed by atoms with Crippen LogP contribution in [-0.4, -0.2) is 47.5 Å². The van der Waals surface area contributed by atoms with Crippen molar-refractivity contribution in [3.8, 4) is 0 Å². The van der Waals surface area contributed by atoms with E-state index >= 15 is 0 Å². The van der Waals surface area contributed by atoms with Crippen molar-refractivity contribution in [3.63, 3.8) is 0 Å². The molecule has 3 fully saturated rings. The molecule has 2 aromatic rings. The highest BCUT2D eigenvalue weighted by atomic mass is 19.3. The maximum Gasteiger partial charge on any atom is 0.266 e. The molecule has 2 N–H and O–H groups in total. The Morgan fingerprint density at radius 1 is 1.11 bits per heavy atom. The molecule has 6 nitrogen and oxygen atoms in total. The fourth-order valence-corrected chi connectivity index (χ4v) is 5.99. The first kappa shape index (κ1) is 26.6. The second-order valence-corrected chi connectivity index (χ2v) is 10.9. The summed E-state index contributed by atoms with van der Waals surface area (Å²) < 4.78 is 69.9. The van der Waals surface area contributed by atoms with E-state index in [9.17, 15) is 31.5 Å². The first-order valence-corrected chi connectivity index (χ1v) is 12.9. The number of piperidine rings is 1. The second-order valence-electron chi connectivity index (χ2n) is 10.9. The third kappa shape index (κ3) is 5.17. The number of nitrogens with zero attached hydrogens (tertiary/aromatic N) is 2. The standard InChI is InChI=1S/C27H31F5N4O2/c1-14(16-4-3-5-17(23(16)28)25(29)30)33-26(38)20-13-36(15-6-8-27(31,32)9-7-15)22(37)10-21(20)34-24-18-11-35(2)12-19(18)24/h3-5,10,13-15,18-19,24-25,34H,6-9,11-12H2,1-2H3,(H,33,38)/t14-,18-,19+,24-/m1/s1. The lowest BCUT2D eigenvalue weighted by atomic mass is 9.92. The van der Waals surface area contributed by atoms with E-state index in [0.29, 0.717) is 17.5 Å². The topological polar surface area (TPSA) is 66.4 Å². The fourth-order valence-electron chi connectivity index (χ4n) is 5.99. The van der Waals surface area contributed by atoms with E-state index in [4.69, 9.17) is 0 Å². The molecule has 5 rings (SSSR count). The molecule has 3 aliphatic rings. The van der Waals surface area contributed by atoms with Crippen LogP contribution in [0.5, 0.6) is 0 Å². The molecule has 1 aromatic carbocycles. The van der Waals surface area contributed by atoms with Gasteiger partial charge in [-0.2, -0.15) is 0 Å². The van der Waals surface area contributed by atoms with Crippen LogP contribution in [0.1, 0.15) is 72.6 Å². The summed E-state index contributed by atoms with van der Waals surface area (Å²) in [6, 6.07) is 3.62. The Morgan fingerprint density at radius 2 is 1.74 bits per heavy atom. The van der Waals surface area contributed by atoms with Gasteiger partial charge in [0, 0.05) is 55.8 Å². The zero-order valence-electron chi connectivity index (χ0n) is 21.2. The number of anilines is 1. The number of carbonyl (C=O) groups is 1. The number of pyridine rings is 1. The minimum atomic E-state index is -3.00. The predicted molar refractivity (Wildman–Crippen MR) is 132 cm³/mol. The number of fused-ring (bicyclic) bond motifs is 1. The summed E-state index contributed by atoms with van der Waals surface area (Å²) in [4.78, 5) is 28.7. The minimum Gasteiger partial charge on any atom is -0.381 e. The SMILES string of the molecule is C[C@@H](NC(=O)c1cn(C2CCC(F)(F)CC2)c(=O)cc1N[C@@H]1[C@@H]2CN(C)C[C@@H]21)c1cccc(C(F)F)c1F. The number of benzene rings is 1. The average Bonchev–Trinajstić information content (AvgIpc) is 3.29. The number of aromatic nitrogens is 1. The maximum atomic E-state index is 14.7. The van der Waals surface area contributed by atoms with Crippen LogP contribution in [0.15, 0.2) is 35.3 Å². The van der Waals surface area contributed by atoms with E-state index in [1.54, 1.807) is 0 Å². The predicted octanol–water partition coefficient (Wildman–Crippen LogP) is 5.14. The highest BCUT2D eigenvalue weighted by molar-refractivity contribution is 5.99. The first-order chi connectivity index (χ1) is 17.9. The van der Waals surface area contributed by atoms with Gasteiger partial charge in [-0.15, -0.1) is 0 Å². The van der Waals surface area contributed by atoms with Crippen LogP contribution in [0, 0.1) is 17.7 Å². The van der Waals surface area contributed by atoms with Gasteiger partial charge in [-0.3, -0.25) is 9.59 Å². The Morgan fingerprint density at radius 3 is 2.37 bits per heavy atom. The van der Waals surface area contributed by atoms with Crippen molar-refractivity contribution < 1.29 is 26.7 Å². The molecule has 1 amide bonds. The molecular weight excluding hydrogens is 507 g/mol. The number of rotatable bonds is 7. The molecule has 1 saturated heterocycles. The van der Waals surface area contributed by atoms with E-state index < -0.39 is 47.3 Å². The average molecular weight is 539 g/mol. The summed E-state index contributed by atoms with van der Waals surface area (Å²) in [6.45, 7) is 3.28. The van der Waals surface area contributed by atoms with E-state index in [2.05, 4.69) is 15.5 Å². The van der Waals surface area contributed by atoms with Crippen molar-refractivity contribution in [2.75, 3.05) is 25.5 Å². The number of nitrogens with one attached hydrogen (secondary N) is 2. The number of carbonyl (C=O) groups excluding carboxylic acids is 1.